The highest BCUT2D eigenvalue weighted by molar-refractivity contribution is 5.96. The lowest BCUT2D eigenvalue weighted by Crippen LogP contribution is -2.38. The van der Waals surface area contributed by atoms with E-state index in [-0.39, 0.29) is 17.3 Å². The van der Waals surface area contributed by atoms with Gasteiger partial charge in [-0.1, -0.05) is 30.3 Å². The predicted molar refractivity (Wildman–Crippen MR) is 111 cm³/mol. The van der Waals surface area contributed by atoms with Crippen molar-refractivity contribution in [2.45, 2.75) is 19.5 Å². The maximum atomic E-state index is 13.3. The van der Waals surface area contributed by atoms with E-state index in [0.29, 0.717) is 17.4 Å². The fourth-order valence-corrected chi connectivity index (χ4v) is 4.42. The van der Waals surface area contributed by atoms with Gasteiger partial charge in [-0.25, -0.2) is 4.79 Å². The standard InChI is InChI=1S/C22H22N4O3/c1-13-9-10-15(29-13)17-20-19-16(21(27)25(3)22(28)24(19)2)18(26(20)12-11-23-17)14-7-5-4-6-8-14/h4-10,17,23H,11-12H2,1-3H3. The topological polar surface area (TPSA) is 74.1 Å². The summed E-state index contributed by atoms with van der Waals surface area (Å²) in [5.74, 6) is 1.60. The molecule has 1 aliphatic heterocycles. The van der Waals surface area contributed by atoms with Crippen LogP contribution in [-0.2, 0) is 20.6 Å². The normalized spacial score (nSPS) is 16.3. The van der Waals surface area contributed by atoms with E-state index in [9.17, 15) is 9.59 Å². The summed E-state index contributed by atoms with van der Waals surface area (Å²) in [7, 11) is 3.25. The Balaban J connectivity index is 1.97. The average Bonchev–Trinajstić information content (AvgIpc) is 3.32. The van der Waals surface area contributed by atoms with Crippen molar-refractivity contribution in [3.63, 3.8) is 0 Å². The number of fused-ring (bicyclic) bond motifs is 3. The summed E-state index contributed by atoms with van der Waals surface area (Å²) in [5.41, 5.74) is 2.73. The van der Waals surface area contributed by atoms with E-state index in [2.05, 4.69) is 9.88 Å². The molecule has 0 saturated carbocycles. The van der Waals surface area contributed by atoms with Crippen molar-refractivity contribution in [3.8, 4) is 11.3 Å². The Kier molecular flexibility index (Phi) is 3.89. The Morgan fingerprint density at radius 1 is 1.03 bits per heavy atom. The second kappa shape index (κ2) is 6.35. The van der Waals surface area contributed by atoms with Gasteiger partial charge in [0.1, 0.15) is 17.6 Å². The third-order valence-corrected chi connectivity index (χ3v) is 5.75. The first kappa shape index (κ1) is 17.8. The van der Waals surface area contributed by atoms with Crippen molar-refractivity contribution in [2.75, 3.05) is 6.54 Å². The van der Waals surface area contributed by atoms with E-state index in [1.165, 1.54) is 11.6 Å². The Hall–Kier alpha value is -3.32. The second-order valence-electron chi connectivity index (χ2n) is 7.52. The zero-order chi connectivity index (χ0) is 20.3. The van der Waals surface area contributed by atoms with Crippen LogP contribution in [0.25, 0.3) is 22.2 Å². The molecule has 1 aliphatic rings. The summed E-state index contributed by atoms with van der Waals surface area (Å²) in [4.78, 5) is 26.0. The molecular weight excluding hydrogens is 368 g/mol. The first-order chi connectivity index (χ1) is 14.0. The molecule has 4 heterocycles. The van der Waals surface area contributed by atoms with Crippen LogP contribution in [0.5, 0.6) is 0 Å². The minimum atomic E-state index is -0.338. The number of rotatable bonds is 2. The Morgan fingerprint density at radius 3 is 2.48 bits per heavy atom. The van der Waals surface area contributed by atoms with Crippen molar-refractivity contribution in [2.24, 2.45) is 14.1 Å². The zero-order valence-electron chi connectivity index (χ0n) is 16.6. The number of nitrogens with zero attached hydrogens (tertiary/aromatic N) is 3. The van der Waals surface area contributed by atoms with Crippen molar-refractivity contribution in [1.29, 1.82) is 0 Å². The molecule has 0 saturated heterocycles. The molecule has 0 amide bonds. The molecule has 1 aromatic carbocycles. The molecule has 4 aromatic rings. The molecule has 7 nitrogen and oxygen atoms in total. The van der Waals surface area contributed by atoms with E-state index in [0.717, 1.165) is 35.0 Å². The van der Waals surface area contributed by atoms with E-state index >= 15 is 0 Å². The summed E-state index contributed by atoms with van der Waals surface area (Å²) in [5, 5.41) is 4.07. The van der Waals surface area contributed by atoms with Crippen LogP contribution in [-0.4, -0.2) is 20.2 Å². The Labute approximate surface area is 166 Å². The lowest BCUT2D eigenvalue weighted by Gasteiger charge is -2.27. The first-order valence-electron chi connectivity index (χ1n) is 9.66. The van der Waals surface area contributed by atoms with E-state index < -0.39 is 0 Å². The molecule has 5 rings (SSSR count). The van der Waals surface area contributed by atoms with Gasteiger partial charge < -0.3 is 14.3 Å². The number of nitrogens with one attached hydrogen (secondary N) is 1. The third kappa shape index (κ3) is 2.47. The van der Waals surface area contributed by atoms with Crippen LogP contribution in [0.2, 0.25) is 0 Å². The summed E-state index contributed by atoms with van der Waals surface area (Å²) < 4.78 is 10.8. The van der Waals surface area contributed by atoms with Gasteiger partial charge in [0.25, 0.3) is 5.56 Å². The van der Waals surface area contributed by atoms with E-state index in [1.54, 1.807) is 11.6 Å². The van der Waals surface area contributed by atoms with Crippen molar-refractivity contribution in [1.82, 2.24) is 19.0 Å². The van der Waals surface area contributed by atoms with Crippen LogP contribution in [0.4, 0.5) is 0 Å². The van der Waals surface area contributed by atoms with Gasteiger partial charge in [0.15, 0.2) is 0 Å². The summed E-state index contributed by atoms with van der Waals surface area (Å²) in [6.45, 7) is 3.33. The van der Waals surface area contributed by atoms with Gasteiger partial charge in [-0.15, -0.1) is 0 Å². The number of aryl methyl sites for hydroxylation is 2. The lowest BCUT2D eigenvalue weighted by atomic mass is 10.1. The lowest BCUT2D eigenvalue weighted by molar-refractivity contribution is 0.389. The molecule has 0 radical (unpaired) electrons. The molecule has 1 unspecified atom stereocenters. The van der Waals surface area contributed by atoms with Crippen LogP contribution in [0.1, 0.15) is 23.3 Å². The van der Waals surface area contributed by atoms with E-state index in [1.807, 2.05) is 49.4 Å². The van der Waals surface area contributed by atoms with Crippen LogP contribution in [0.3, 0.4) is 0 Å². The quantitative estimate of drug-likeness (QED) is 0.570. The Bertz CT molecular complexity index is 1350. The van der Waals surface area contributed by atoms with Gasteiger partial charge in [-0.05, 0) is 24.6 Å². The highest BCUT2D eigenvalue weighted by Crippen LogP contribution is 2.38. The maximum absolute atomic E-state index is 13.3. The van der Waals surface area contributed by atoms with Gasteiger partial charge in [0, 0.05) is 27.2 Å². The molecule has 1 atom stereocenters. The molecule has 148 valence electrons. The fourth-order valence-electron chi connectivity index (χ4n) is 4.42. The summed E-state index contributed by atoms with van der Waals surface area (Å²) in [6, 6.07) is 13.5. The number of aromatic nitrogens is 3. The van der Waals surface area contributed by atoms with Crippen LogP contribution >= 0.6 is 0 Å². The van der Waals surface area contributed by atoms with Gasteiger partial charge in [-0.3, -0.25) is 13.9 Å². The number of hydrogen-bond donors (Lipinski definition) is 1. The molecule has 7 heteroatoms. The van der Waals surface area contributed by atoms with Gasteiger partial charge >= 0.3 is 5.69 Å². The highest BCUT2D eigenvalue weighted by atomic mass is 16.3. The minimum Gasteiger partial charge on any atom is -0.464 e. The highest BCUT2D eigenvalue weighted by Gasteiger charge is 2.33. The Morgan fingerprint density at radius 2 is 1.79 bits per heavy atom. The predicted octanol–water partition coefficient (Wildman–Crippen LogP) is 2.30. The number of furan rings is 1. The molecule has 3 aromatic heterocycles. The monoisotopic (exact) mass is 390 g/mol. The van der Waals surface area contributed by atoms with Gasteiger partial charge in [-0.2, -0.15) is 0 Å². The molecule has 1 N–H and O–H groups in total. The maximum Gasteiger partial charge on any atom is 0.331 e. The molecule has 0 spiro atoms. The first-order valence-corrected chi connectivity index (χ1v) is 9.66. The van der Waals surface area contributed by atoms with Gasteiger partial charge in [0.2, 0.25) is 0 Å². The van der Waals surface area contributed by atoms with Crippen LogP contribution in [0.15, 0.2) is 56.5 Å². The third-order valence-electron chi connectivity index (χ3n) is 5.75. The molecule has 0 aliphatic carbocycles. The second-order valence-corrected chi connectivity index (χ2v) is 7.52. The van der Waals surface area contributed by atoms with E-state index in [4.69, 9.17) is 4.42 Å². The van der Waals surface area contributed by atoms with Crippen molar-refractivity contribution < 1.29 is 4.42 Å². The molecule has 29 heavy (non-hydrogen) atoms. The van der Waals surface area contributed by atoms with Gasteiger partial charge in [0.05, 0.1) is 22.3 Å². The average molecular weight is 390 g/mol. The van der Waals surface area contributed by atoms with Crippen LogP contribution in [0, 0.1) is 6.92 Å². The van der Waals surface area contributed by atoms with Crippen LogP contribution < -0.4 is 16.6 Å². The SMILES string of the molecule is Cc1ccc(C2NCCn3c(-c4ccccc4)c4c(=O)n(C)c(=O)n(C)c4c32)o1. The minimum absolute atomic E-state index is 0.241. The largest absolute Gasteiger partial charge is 0.464 e. The van der Waals surface area contributed by atoms with Crippen molar-refractivity contribution in [3.05, 3.63) is 80.5 Å². The number of benzene rings is 1. The molecular formula is C22H22N4O3. The van der Waals surface area contributed by atoms with Crippen molar-refractivity contribution >= 4 is 10.9 Å². The molecule has 0 fully saturated rings. The molecule has 0 bridgehead atoms. The zero-order valence-corrected chi connectivity index (χ0v) is 16.6. The fraction of sp³-hybridized carbons (Fsp3) is 0.273. The summed E-state index contributed by atoms with van der Waals surface area (Å²) >= 11 is 0. The smallest absolute Gasteiger partial charge is 0.331 e. The summed E-state index contributed by atoms with van der Waals surface area (Å²) in [6.07, 6.45) is 0. The number of hydrogen-bond acceptors (Lipinski definition) is 4.